The smallest absolute Gasteiger partial charge is 0.338 e. The van der Waals surface area contributed by atoms with Crippen molar-refractivity contribution in [1.82, 2.24) is 0 Å². The Kier molecular flexibility index (Phi) is 5.92. The average molecular weight is 312 g/mol. The van der Waals surface area contributed by atoms with Crippen LogP contribution in [0.5, 0.6) is 0 Å². The van der Waals surface area contributed by atoms with Gasteiger partial charge in [-0.05, 0) is 31.2 Å². The number of hydrogen-bond acceptors (Lipinski definition) is 4. The molecule has 0 aliphatic heterocycles. The Hall–Kier alpha value is -2.62. The van der Waals surface area contributed by atoms with Gasteiger partial charge in [0.05, 0.1) is 17.7 Å². The van der Waals surface area contributed by atoms with Gasteiger partial charge in [0.2, 0.25) is 0 Å². The van der Waals surface area contributed by atoms with Gasteiger partial charge < -0.3 is 9.47 Å². The molecule has 0 aromatic heterocycles. The van der Waals surface area contributed by atoms with Crippen molar-refractivity contribution in [2.45, 2.75) is 20.0 Å². The van der Waals surface area contributed by atoms with Crippen molar-refractivity contribution in [3.63, 3.8) is 0 Å². The zero-order chi connectivity index (χ0) is 16.7. The number of ether oxygens (including phenoxy) is 2. The van der Waals surface area contributed by atoms with Crippen molar-refractivity contribution < 1.29 is 19.1 Å². The lowest BCUT2D eigenvalue weighted by Crippen LogP contribution is -2.26. The second kappa shape index (κ2) is 8.13. The van der Waals surface area contributed by atoms with Crippen LogP contribution in [0.25, 0.3) is 0 Å². The first-order chi connectivity index (χ1) is 11.1. The van der Waals surface area contributed by atoms with Gasteiger partial charge in [0, 0.05) is 5.92 Å². The molecule has 0 radical (unpaired) electrons. The summed E-state index contributed by atoms with van der Waals surface area (Å²) in [5.41, 5.74) is 1.02. The SMILES string of the molecule is CC(COC(=O)c1ccccc1)C(C)OC(=O)c1ccccc1. The molecule has 0 aliphatic carbocycles. The molecule has 0 bridgehead atoms. The van der Waals surface area contributed by atoms with Crippen LogP contribution in [0.3, 0.4) is 0 Å². The summed E-state index contributed by atoms with van der Waals surface area (Å²) in [6.07, 6.45) is -0.355. The van der Waals surface area contributed by atoms with Crippen LogP contribution in [0.1, 0.15) is 34.6 Å². The number of carbonyl (C=O) groups is 2. The van der Waals surface area contributed by atoms with E-state index in [-0.39, 0.29) is 30.6 Å². The number of carbonyl (C=O) groups excluding carboxylic acids is 2. The summed E-state index contributed by atoms with van der Waals surface area (Å²) in [4.78, 5) is 23.9. The summed E-state index contributed by atoms with van der Waals surface area (Å²) in [5, 5.41) is 0. The second-order valence-corrected chi connectivity index (χ2v) is 5.42. The number of esters is 2. The summed E-state index contributed by atoms with van der Waals surface area (Å²) in [6, 6.07) is 17.6. The number of rotatable bonds is 6. The molecule has 2 rings (SSSR count). The molecule has 0 amide bonds. The molecular weight excluding hydrogens is 292 g/mol. The highest BCUT2D eigenvalue weighted by Crippen LogP contribution is 2.12. The van der Waals surface area contributed by atoms with Gasteiger partial charge >= 0.3 is 11.9 Å². The minimum atomic E-state index is -0.376. The molecule has 0 saturated carbocycles. The van der Waals surface area contributed by atoms with Crippen LogP contribution in [0.4, 0.5) is 0 Å². The Morgan fingerprint density at radius 3 is 1.83 bits per heavy atom. The van der Waals surface area contributed by atoms with Crippen molar-refractivity contribution in [3.8, 4) is 0 Å². The lowest BCUT2D eigenvalue weighted by molar-refractivity contribution is 0.00518. The molecular formula is C19H20O4. The first-order valence-corrected chi connectivity index (χ1v) is 7.56. The topological polar surface area (TPSA) is 52.6 Å². The first-order valence-electron chi connectivity index (χ1n) is 7.56. The van der Waals surface area contributed by atoms with Crippen LogP contribution >= 0.6 is 0 Å². The summed E-state index contributed by atoms with van der Waals surface area (Å²) in [7, 11) is 0. The van der Waals surface area contributed by atoms with E-state index in [4.69, 9.17) is 9.47 Å². The molecule has 0 N–H and O–H groups in total. The van der Waals surface area contributed by atoms with Gasteiger partial charge in [-0.3, -0.25) is 0 Å². The zero-order valence-corrected chi connectivity index (χ0v) is 13.3. The van der Waals surface area contributed by atoms with Gasteiger partial charge in [-0.1, -0.05) is 43.3 Å². The normalized spacial score (nSPS) is 13.0. The Morgan fingerprint density at radius 1 is 0.826 bits per heavy atom. The minimum absolute atomic E-state index is 0.102. The van der Waals surface area contributed by atoms with Crippen LogP contribution in [-0.4, -0.2) is 24.6 Å². The predicted octanol–water partition coefficient (Wildman–Crippen LogP) is 3.73. The third-order valence-electron chi connectivity index (χ3n) is 3.59. The summed E-state index contributed by atoms with van der Waals surface area (Å²) in [6.45, 7) is 3.86. The van der Waals surface area contributed by atoms with E-state index < -0.39 is 0 Å². The molecule has 4 heteroatoms. The van der Waals surface area contributed by atoms with Gasteiger partial charge in [0.25, 0.3) is 0 Å². The van der Waals surface area contributed by atoms with E-state index in [1.54, 1.807) is 55.5 Å². The standard InChI is InChI=1S/C19H20O4/c1-14(13-22-18(20)16-9-5-3-6-10-16)15(2)23-19(21)17-11-7-4-8-12-17/h3-12,14-15H,13H2,1-2H3. The highest BCUT2D eigenvalue weighted by Gasteiger charge is 2.19. The molecule has 2 atom stereocenters. The third-order valence-corrected chi connectivity index (χ3v) is 3.59. The van der Waals surface area contributed by atoms with E-state index in [0.29, 0.717) is 11.1 Å². The second-order valence-electron chi connectivity index (χ2n) is 5.42. The van der Waals surface area contributed by atoms with Crippen LogP contribution in [0.2, 0.25) is 0 Å². The Bertz CT molecular complexity index is 637. The van der Waals surface area contributed by atoms with Gasteiger partial charge in [-0.2, -0.15) is 0 Å². The van der Waals surface area contributed by atoms with E-state index in [1.807, 2.05) is 19.1 Å². The molecule has 0 spiro atoms. The molecule has 23 heavy (non-hydrogen) atoms. The molecule has 2 aromatic rings. The maximum Gasteiger partial charge on any atom is 0.338 e. The predicted molar refractivity (Wildman–Crippen MR) is 87.2 cm³/mol. The van der Waals surface area contributed by atoms with Gasteiger partial charge in [0.15, 0.2) is 0 Å². The van der Waals surface area contributed by atoms with Gasteiger partial charge in [0.1, 0.15) is 6.10 Å². The fraction of sp³-hybridized carbons (Fsp3) is 0.263. The molecule has 2 aromatic carbocycles. The van der Waals surface area contributed by atoms with E-state index in [0.717, 1.165) is 0 Å². The number of hydrogen-bond donors (Lipinski definition) is 0. The van der Waals surface area contributed by atoms with Crippen molar-refractivity contribution >= 4 is 11.9 Å². The molecule has 0 heterocycles. The van der Waals surface area contributed by atoms with Crippen LogP contribution in [0, 0.1) is 5.92 Å². The molecule has 0 aliphatic rings. The van der Waals surface area contributed by atoms with Gasteiger partial charge in [-0.15, -0.1) is 0 Å². The van der Waals surface area contributed by atoms with E-state index in [9.17, 15) is 9.59 Å². The lowest BCUT2D eigenvalue weighted by Gasteiger charge is -2.20. The minimum Gasteiger partial charge on any atom is -0.462 e. The fourth-order valence-corrected chi connectivity index (χ4v) is 1.93. The molecule has 2 unspecified atom stereocenters. The maximum atomic E-state index is 12.0. The van der Waals surface area contributed by atoms with Crippen LogP contribution in [-0.2, 0) is 9.47 Å². The van der Waals surface area contributed by atoms with Crippen molar-refractivity contribution in [2.24, 2.45) is 5.92 Å². The Balaban J connectivity index is 1.82. The Labute approximate surface area is 136 Å². The Morgan fingerprint density at radius 2 is 1.30 bits per heavy atom. The maximum absolute atomic E-state index is 12.0. The quantitative estimate of drug-likeness (QED) is 0.763. The molecule has 120 valence electrons. The molecule has 0 saturated heterocycles. The zero-order valence-electron chi connectivity index (χ0n) is 13.3. The summed E-state index contributed by atoms with van der Waals surface area (Å²) < 4.78 is 10.7. The van der Waals surface area contributed by atoms with Gasteiger partial charge in [-0.25, -0.2) is 9.59 Å². The molecule has 0 fully saturated rings. The highest BCUT2D eigenvalue weighted by molar-refractivity contribution is 5.89. The average Bonchev–Trinajstić information content (AvgIpc) is 2.60. The first kappa shape index (κ1) is 16.7. The fourth-order valence-electron chi connectivity index (χ4n) is 1.93. The lowest BCUT2D eigenvalue weighted by atomic mass is 10.1. The van der Waals surface area contributed by atoms with Crippen molar-refractivity contribution in [2.75, 3.05) is 6.61 Å². The monoisotopic (exact) mass is 312 g/mol. The van der Waals surface area contributed by atoms with Crippen LogP contribution < -0.4 is 0 Å². The van der Waals surface area contributed by atoms with Crippen LogP contribution in [0.15, 0.2) is 60.7 Å². The van der Waals surface area contributed by atoms with E-state index in [2.05, 4.69) is 0 Å². The molecule has 4 nitrogen and oxygen atoms in total. The van der Waals surface area contributed by atoms with Crippen molar-refractivity contribution in [3.05, 3.63) is 71.8 Å². The largest absolute Gasteiger partial charge is 0.462 e. The summed E-state index contributed by atoms with van der Waals surface area (Å²) in [5.74, 6) is -0.853. The highest BCUT2D eigenvalue weighted by atomic mass is 16.6. The summed E-state index contributed by atoms with van der Waals surface area (Å²) >= 11 is 0. The van der Waals surface area contributed by atoms with Crippen molar-refractivity contribution in [1.29, 1.82) is 0 Å². The third kappa shape index (κ3) is 4.95. The van der Waals surface area contributed by atoms with E-state index in [1.165, 1.54) is 0 Å². The van der Waals surface area contributed by atoms with E-state index >= 15 is 0 Å². The number of benzene rings is 2.